The molecule has 0 bridgehead atoms. The minimum atomic E-state index is -4.84. The van der Waals surface area contributed by atoms with Crippen LogP contribution in [0.4, 0.5) is 0 Å². The molecule has 0 aromatic carbocycles. The Kier molecular flexibility index (Phi) is 76.6. The van der Waals surface area contributed by atoms with Crippen LogP contribution in [0.1, 0.15) is 322 Å². The zero-order valence-corrected chi connectivity index (χ0v) is 66.8. The molecule has 0 saturated heterocycles. The van der Waals surface area contributed by atoms with E-state index in [2.05, 4.69) is 123 Å². The molecule has 0 aliphatic carbocycles. The number of carbonyl (C=O) groups excluding carboxylic acids is 4. The minimum Gasteiger partial charge on any atom is -0.463 e. The molecule has 598 valence electrons. The molecule has 0 aliphatic rings. The van der Waals surface area contributed by atoms with Gasteiger partial charge in [-0.2, -0.15) is 0 Å². The van der Waals surface area contributed by atoms with Crippen molar-refractivity contribution in [3.63, 3.8) is 0 Å². The fraction of sp³-hybridized carbons (Fsp3) is 0.718. The average molecular weight is 1500 g/mol. The van der Waals surface area contributed by atoms with Crippen molar-refractivity contribution in [3.05, 3.63) is 122 Å². The summed E-state index contributed by atoms with van der Waals surface area (Å²) in [5, 5.41) is 10.7. The third-order valence-corrected chi connectivity index (χ3v) is 18.8. The first-order chi connectivity index (χ1) is 50.9. The highest BCUT2D eigenvalue weighted by Gasteiger charge is 2.29. The van der Waals surface area contributed by atoms with Gasteiger partial charge in [-0.1, -0.05) is 251 Å². The van der Waals surface area contributed by atoms with Crippen molar-refractivity contribution >= 4 is 40.2 Å². The molecule has 0 amide bonds. The molecular weight excluding hydrogens is 1350 g/mol. The Balaban J connectivity index is 5.32. The second-order valence-electron chi connectivity index (χ2n) is 26.9. The van der Waals surface area contributed by atoms with Crippen LogP contribution in [-0.4, -0.2) is 111 Å². The second-order valence-corrected chi connectivity index (χ2v) is 29.8. The van der Waals surface area contributed by atoms with Crippen molar-refractivity contribution in [2.45, 2.75) is 340 Å². The molecule has 4 atom stereocenters. The van der Waals surface area contributed by atoms with Crippen LogP contribution in [0.2, 0.25) is 0 Å². The number of hydrogen-bond donors (Lipinski definition) is 3. The Morgan fingerprint density at radius 3 is 0.817 bits per heavy atom. The van der Waals surface area contributed by atoms with Crippen LogP contribution >= 0.6 is 15.6 Å². The minimum absolute atomic E-state index is 0.173. The molecule has 19 heteroatoms. The summed E-state index contributed by atoms with van der Waals surface area (Å²) < 4.78 is 70.0. The topological polar surface area (TPSA) is 237 Å². The van der Waals surface area contributed by atoms with Gasteiger partial charge in [0.1, 0.15) is 44.1 Å². The highest BCUT2D eigenvalue weighted by Crippen LogP contribution is 2.45. The van der Waals surface area contributed by atoms with E-state index in [0.717, 1.165) is 231 Å². The number of carbonyl (C=O) groups is 4. The fourth-order valence-electron chi connectivity index (χ4n) is 10.6. The van der Waals surface area contributed by atoms with E-state index in [0.29, 0.717) is 51.7 Å². The first-order valence-electron chi connectivity index (χ1n) is 40.7. The molecular formula is C85H146O17P2. The van der Waals surface area contributed by atoms with Gasteiger partial charge in [0.2, 0.25) is 0 Å². The molecule has 2 unspecified atom stereocenters. The maximum Gasteiger partial charge on any atom is 0.472 e. The summed E-state index contributed by atoms with van der Waals surface area (Å²) in [5.74, 6) is -0.879. The van der Waals surface area contributed by atoms with Gasteiger partial charge in [-0.05, 0) is 167 Å². The van der Waals surface area contributed by atoms with E-state index in [4.69, 9.17) is 37.0 Å². The van der Waals surface area contributed by atoms with Crippen molar-refractivity contribution in [1.29, 1.82) is 0 Å². The first kappa shape index (κ1) is 99.8. The van der Waals surface area contributed by atoms with Crippen LogP contribution in [0.15, 0.2) is 122 Å². The maximum absolute atomic E-state index is 13.1. The van der Waals surface area contributed by atoms with Gasteiger partial charge in [-0.25, -0.2) is 9.13 Å². The summed E-state index contributed by atoms with van der Waals surface area (Å²) in [6.45, 7) is 2.01. The normalized spacial score (nSPS) is 14.5. The lowest BCUT2D eigenvalue weighted by Crippen LogP contribution is -2.28. The van der Waals surface area contributed by atoms with Crippen LogP contribution in [0.3, 0.4) is 0 Å². The summed E-state index contributed by atoms with van der Waals surface area (Å²) in [4.78, 5) is 67.9. The van der Waals surface area contributed by atoms with Gasteiger partial charge in [0.05, 0.1) is 26.4 Å². The standard InChI is InChI=1S/C85H146O17P2/c1-3-5-7-9-11-13-15-17-19-21-27-33-39-45-51-57-63-69-84(89)97-77-82(95-73-67-61-55-49-43-37-31-25-23-29-35-41-47-53-59-65-71-86)79-101-103(91,92)99-75-81(88)76-100-104(93,94)102-80-83(96-74-68-62-56-50-44-38-32-26-24-30-36-42-48-54-60-66-72-87)78-98-85(90)70-64-58-52-46-40-34-28-22-20-18-16-14-12-10-8-6-4-2/h11-14,17-20,23-24,27-30,33-34,45-46,51-52,71-72,81-83,88H,3-10,15-16,21-22,25-26,31-32,35-44,47-50,53-70,73-80H2,1-2H3,(H,91,92)(H,93,94)/b13-11-,14-12-,19-17-,20-18-,29-23-,30-24-,33-27-,34-28-,51-45-,52-46-/t82-,83-/m1/s1. The second kappa shape index (κ2) is 79.8. The molecule has 0 aliphatic heterocycles. The lowest BCUT2D eigenvalue weighted by Gasteiger charge is -2.21. The summed E-state index contributed by atoms with van der Waals surface area (Å²) in [6, 6.07) is 0. The quantitative estimate of drug-likeness (QED) is 0.0169. The van der Waals surface area contributed by atoms with Crippen molar-refractivity contribution in [2.24, 2.45) is 0 Å². The van der Waals surface area contributed by atoms with E-state index < -0.39 is 72.3 Å². The zero-order valence-electron chi connectivity index (χ0n) is 65.0. The highest BCUT2D eigenvalue weighted by atomic mass is 31.2. The van der Waals surface area contributed by atoms with E-state index >= 15 is 0 Å². The van der Waals surface area contributed by atoms with Crippen molar-refractivity contribution in [2.75, 3.05) is 52.9 Å². The molecule has 0 fully saturated rings. The predicted molar refractivity (Wildman–Crippen MR) is 427 cm³/mol. The van der Waals surface area contributed by atoms with E-state index in [1.807, 2.05) is 12.2 Å². The van der Waals surface area contributed by atoms with Crippen molar-refractivity contribution < 1.29 is 80.2 Å². The number of unbranched alkanes of at least 4 members (excludes halogenated alkanes) is 32. The number of aliphatic hydroxyl groups is 1. The fourth-order valence-corrected chi connectivity index (χ4v) is 12.2. The molecule has 0 saturated carbocycles. The lowest BCUT2D eigenvalue weighted by molar-refractivity contribution is -0.149. The SMILES string of the molecule is CCCCC/C=C\C/C=C\C/C=C\C/C=C\CCCC(=O)OC[C@H](COP(=O)(O)OCC(O)COP(=O)(O)OC[C@@H](COC(=O)CCC/C=C\C/C=C\C/C=C\C/C=C\CCCCC)OCCCCCCCCC/C=C\CCCCCCC=O)OCCCCCCCCC/C=C\CCCCCCC=O. The summed E-state index contributed by atoms with van der Waals surface area (Å²) in [5.41, 5.74) is 0. The number of ether oxygens (including phenoxy) is 4. The Bertz CT molecular complexity index is 2220. The molecule has 3 N–H and O–H groups in total. The van der Waals surface area contributed by atoms with Crippen molar-refractivity contribution in [3.8, 4) is 0 Å². The summed E-state index contributed by atoms with van der Waals surface area (Å²) >= 11 is 0. The third kappa shape index (κ3) is 78.8. The Morgan fingerprint density at radius 1 is 0.298 bits per heavy atom. The van der Waals surface area contributed by atoms with Crippen LogP contribution in [0.5, 0.6) is 0 Å². The van der Waals surface area contributed by atoms with E-state index in [9.17, 15) is 43.2 Å². The molecule has 0 spiro atoms. The molecule has 0 aromatic rings. The number of esters is 2. The van der Waals surface area contributed by atoms with Crippen LogP contribution in [0.25, 0.3) is 0 Å². The zero-order chi connectivity index (χ0) is 75.7. The lowest BCUT2D eigenvalue weighted by atomic mass is 10.1. The summed E-state index contributed by atoms with van der Waals surface area (Å²) in [6.07, 6.45) is 88.9. The summed E-state index contributed by atoms with van der Waals surface area (Å²) in [7, 11) is -9.69. The molecule has 0 heterocycles. The van der Waals surface area contributed by atoms with E-state index in [1.54, 1.807) is 0 Å². The van der Waals surface area contributed by atoms with Gasteiger partial charge in [-0.3, -0.25) is 27.7 Å². The largest absolute Gasteiger partial charge is 0.472 e. The van der Waals surface area contributed by atoms with Gasteiger partial charge in [-0.15, -0.1) is 0 Å². The van der Waals surface area contributed by atoms with Crippen LogP contribution in [-0.2, 0) is 65.4 Å². The number of rotatable bonds is 80. The number of hydrogen-bond acceptors (Lipinski definition) is 15. The van der Waals surface area contributed by atoms with E-state index in [-0.39, 0.29) is 26.1 Å². The number of aldehydes is 2. The Hall–Kier alpha value is -4.22. The van der Waals surface area contributed by atoms with Crippen molar-refractivity contribution in [1.82, 2.24) is 0 Å². The van der Waals surface area contributed by atoms with E-state index in [1.165, 1.54) is 38.5 Å². The Morgan fingerprint density at radius 2 is 0.529 bits per heavy atom. The number of phosphoric ester groups is 2. The predicted octanol–water partition coefficient (Wildman–Crippen LogP) is 23.2. The number of phosphoric acid groups is 2. The first-order valence-corrected chi connectivity index (χ1v) is 43.7. The van der Waals surface area contributed by atoms with Gasteiger partial charge in [0.25, 0.3) is 0 Å². The molecule has 104 heavy (non-hydrogen) atoms. The molecule has 0 rings (SSSR count). The molecule has 17 nitrogen and oxygen atoms in total. The monoisotopic (exact) mass is 1500 g/mol. The maximum atomic E-state index is 13.1. The third-order valence-electron chi connectivity index (χ3n) is 16.9. The molecule has 0 radical (unpaired) electrons. The van der Waals surface area contributed by atoms with Gasteiger partial charge in [0.15, 0.2) is 0 Å². The molecule has 0 aromatic heterocycles. The van der Waals surface area contributed by atoms with Gasteiger partial charge in [0, 0.05) is 38.9 Å². The number of allylic oxidation sites excluding steroid dienone is 20. The smallest absolute Gasteiger partial charge is 0.463 e. The van der Waals surface area contributed by atoms with Gasteiger partial charge < -0.3 is 43.4 Å². The van der Waals surface area contributed by atoms with Crippen LogP contribution < -0.4 is 0 Å². The highest BCUT2D eigenvalue weighted by molar-refractivity contribution is 7.47. The number of aliphatic hydroxyl groups excluding tert-OH is 1. The van der Waals surface area contributed by atoms with Crippen LogP contribution in [0, 0.1) is 0 Å². The Labute approximate surface area is 632 Å². The average Bonchev–Trinajstić information content (AvgIpc) is 0.967. The van der Waals surface area contributed by atoms with Gasteiger partial charge >= 0.3 is 27.6 Å².